The van der Waals surface area contributed by atoms with E-state index in [0.29, 0.717) is 0 Å². The molecular formula is C4H10F2O3Si. The minimum atomic E-state index is -3.63. The molecule has 0 rings (SSSR count). The van der Waals surface area contributed by atoms with Gasteiger partial charge < -0.3 is 13.3 Å². The maximum absolute atomic E-state index is 12.0. The Bertz CT molecular complexity index is 88.2. The Hall–Kier alpha value is -0.0431. The van der Waals surface area contributed by atoms with E-state index in [0.717, 1.165) is 21.3 Å². The normalized spacial score (nSPS) is 12.6. The standard InChI is InChI=1S/C4H10F2O3Si/c1-7-10(8-2,9-3)4(5)6/h4H,1-3H3. The second kappa shape index (κ2) is 3.97. The molecular weight excluding hydrogens is 162 g/mol. The fourth-order valence-electron chi connectivity index (χ4n) is 0.517. The molecule has 0 saturated heterocycles. The molecule has 6 heteroatoms. The number of hydrogen-bond donors (Lipinski definition) is 0. The molecule has 0 N–H and O–H groups in total. The van der Waals surface area contributed by atoms with Gasteiger partial charge >= 0.3 is 14.9 Å². The molecule has 0 saturated carbocycles. The quantitative estimate of drug-likeness (QED) is 0.583. The second-order valence-corrected chi connectivity index (χ2v) is 4.38. The van der Waals surface area contributed by atoms with Gasteiger partial charge in [-0.05, 0) is 0 Å². The van der Waals surface area contributed by atoms with Crippen LogP contribution in [0.15, 0.2) is 0 Å². The molecule has 0 fully saturated rings. The lowest BCUT2D eigenvalue weighted by molar-refractivity contribution is 0.0452. The predicted molar refractivity (Wildman–Crippen MR) is 32.8 cm³/mol. The second-order valence-electron chi connectivity index (χ2n) is 1.52. The van der Waals surface area contributed by atoms with Gasteiger partial charge in [0, 0.05) is 21.3 Å². The molecule has 0 unspecified atom stereocenters. The average Bonchev–Trinajstić information content (AvgIpc) is 1.92. The average molecular weight is 172 g/mol. The summed E-state index contributed by atoms with van der Waals surface area (Å²) in [6, 6.07) is -2.69. The molecule has 0 aromatic carbocycles. The topological polar surface area (TPSA) is 27.7 Å². The zero-order valence-corrected chi connectivity index (χ0v) is 7.06. The van der Waals surface area contributed by atoms with Crippen molar-refractivity contribution in [2.24, 2.45) is 0 Å². The molecule has 0 spiro atoms. The highest BCUT2D eigenvalue weighted by atomic mass is 28.4. The van der Waals surface area contributed by atoms with Crippen molar-refractivity contribution in [3.05, 3.63) is 0 Å². The van der Waals surface area contributed by atoms with Crippen LogP contribution in [0.5, 0.6) is 0 Å². The van der Waals surface area contributed by atoms with Crippen LogP contribution < -0.4 is 0 Å². The first-order valence-corrected chi connectivity index (χ1v) is 4.36. The van der Waals surface area contributed by atoms with Crippen LogP contribution in [0.4, 0.5) is 8.78 Å². The van der Waals surface area contributed by atoms with Crippen LogP contribution in [0.1, 0.15) is 0 Å². The lowest BCUT2D eigenvalue weighted by Gasteiger charge is -2.22. The van der Waals surface area contributed by atoms with Crippen LogP contribution in [-0.2, 0) is 13.3 Å². The fraction of sp³-hybridized carbons (Fsp3) is 1.00. The molecule has 62 valence electrons. The summed E-state index contributed by atoms with van der Waals surface area (Å²) in [5.74, 6) is 0. The van der Waals surface area contributed by atoms with Gasteiger partial charge in [0.1, 0.15) is 0 Å². The van der Waals surface area contributed by atoms with E-state index in [2.05, 4.69) is 13.3 Å². The monoisotopic (exact) mass is 172 g/mol. The molecule has 0 aromatic heterocycles. The number of rotatable bonds is 4. The third-order valence-corrected chi connectivity index (χ3v) is 3.36. The summed E-state index contributed by atoms with van der Waals surface area (Å²) in [4.78, 5) is 0. The van der Waals surface area contributed by atoms with E-state index in [1.54, 1.807) is 0 Å². The van der Waals surface area contributed by atoms with Crippen molar-refractivity contribution in [2.45, 2.75) is 6.05 Å². The Morgan fingerprint density at radius 2 is 1.30 bits per heavy atom. The molecule has 3 nitrogen and oxygen atoms in total. The molecule has 0 radical (unpaired) electrons. The van der Waals surface area contributed by atoms with E-state index in [9.17, 15) is 8.78 Å². The molecule has 0 atom stereocenters. The van der Waals surface area contributed by atoms with Crippen molar-refractivity contribution in [2.75, 3.05) is 21.3 Å². The summed E-state index contributed by atoms with van der Waals surface area (Å²) in [6.07, 6.45) is 0. The molecule has 0 bridgehead atoms. The minimum absolute atomic E-state index is 1.14. The highest BCUT2D eigenvalue weighted by Crippen LogP contribution is 2.15. The van der Waals surface area contributed by atoms with E-state index < -0.39 is 14.9 Å². The van der Waals surface area contributed by atoms with Crippen molar-refractivity contribution >= 4 is 8.80 Å². The van der Waals surface area contributed by atoms with Crippen molar-refractivity contribution in [3.63, 3.8) is 0 Å². The summed E-state index contributed by atoms with van der Waals surface area (Å²) in [7, 11) is -0.195. The zero-order chi connectivity index (χ0) is 8.20. The van der Waals surface area contributed by atoms with Gasteiger partial charge in [0.15, 0.2) is 0 Å². The third-order valence-electron chi connectivity index (χ3n) is 1.12. The summed E-state index contributed by atoms with van der Waals surface area (Å²) in [5.41, 5.74) is 0. The van der Waals surface area contributed by atoms with Gasteiger partial charge in [-0.15, -0.1) is 0 Å². The number of hydrogen-bond acceptors (Lipinski definition) is 3. The highest BCUT2D eigenvalue weighted by molar-refractivity contribution is 6.61. The zero-order valence-electron chi connectivity index (χ0n) is 6.06. The Balaban J connectivity index is 4.15. The van der Waals surface area contributed by atoms with Gasteiger partial charge in [0.05, 0.1) is 0 Å². The summed E-state index contributed by atoms with van der Waals surface area (Å²) in [6.45, 7) is 0. The van der Waals surface area contributed by atoms with Gasteiger partial charge in [-0.25, -0.2) is 8.78 Å². The van der Waals surface area contributed by atoms with E-state index in [4.69, 9.17) is 0 Å². The number of alkyl halides is 2. The Labute approximate surface area is 59.3 Å². The van der Waals surface area contributed by atoms with Gasteiger partial charge in [0.2, 0.25) is 0 Å². The molecule has 10 heavy (non-hydrogen) atoms. The molecule has 0 aliphatic rings. The minimum Gasteiger partial charge on any atom is -0.374 e. The molecule has 0 heterocycles. The SMILES string of the molecule is CO[Si](OC)(OC)C(F)F. The van der Waals surface area contributed by atoms with Gasteiger partial charge in [-0.2, -0.15) is 0 Å². The fourth-order valence-corrected chi connectivity index (χ4v) is 1.55. The molecule has 0 aliphatic carbocycles. The molecule has 0 aromatic rings. The first-order valence-electron chi connectivity index (χ1n) is 2.56. The van der Waals surface area contributed by atoms with Gasteiger partial charge in [-0.3, -0.25) is 0 Å². The lowest BCUT2D eigenvalue weighted by atomic mass is 11.7. The molecule has 0 aliphatic heterocycles. The first-order chi connectivity index (χ1) is 4.63. The van der Waals surface area contributed by atoms with Crippen LogP contribution in [-0.4, -0.2) is 36.2 Å². The molecule has 0 amide bonds. The predicted octanol–water partition coefficient (Wildman–Crippen LogP) is 0.669. The maximum Gasteiger partial charge on any atom is 0.570 e. The Kier molecular flexibility index (Phi) is 3.95. The summed E-state index contributed by atoms with van der Waals surface area (Å²) >= 11 is 0. The lowest BCUT2D eigenvalue weighted by Crippen LogP contribution is -2.50. The Morgan fingerprint density at radius 1 is 1.00 bits per heavy atom. The van der Waals surface area contributed by atoms with E-state index in [1.807, 2.05) is 0 Å². The van der Waals surface area contributed by atoms with Crippen LogP contribution in [0.3, 0.4) is 0 Å². The first kappa shape index (κ1) is 9.96. The number of halogens is 2. The van der Waals surface area contributed by atoms with Crippen molar-refractivity contribution in [1.29, 1.82) is 0 Å². The Morgan fingerprint density at radius 3 is 1.30 bits per heavy atom. The highest BCUT2D eigenvalue weighted by Gasteiger charge is 2.49. The van der Waals surface area contributed by atoms with Crippen LogP contribution in [0.2, 0.25) is 0 Å². The van der Waals surface area contributed by atoms with E-state index in [-0.39, 0.29) is 0 Å². The van der Waals surface area contributed by atoms with Crippen molar-refractivity contribution in [1.82, 2.24) is 0 Å². The van der Waals surface area contributed by atoms with Gasteiger partial charge in [0.25, 0.3) is 0 Å². The van der Waals surface area contributed by atoms with E-state index >= 15 is 0 Å². The largest absolute Gasteiger partial charge is 0.570 e. The van der Waals surface area contributed by atoms with Crippen LogP contribution >= 0.6 is 0 Å². The third kappa shape index (κ3) is 1.72. The van der Waals surface area contributed by atoms with Crippen molar-refractivity contribution in [3.8, 4) is 0 Å². The maximum atomic E-state index is 12.0. The smallest absolute Gasteiger partial charge is 0.374 e. The van der Waals surface area contributed by atoms with Gasteiger partial charge in [-0.1, -0.05) is 0 Å². The summed E-state index contributed by atoms with van der Waals surface area (Å²) in [5, 5.41) is 0. The van der Waals surface area contributed by atoms with E-state index in [1.165, 1.54) is 0 Å². The van der Waals surface area contributed by atoms with Crippen LogP contribution in [0, 0.1) is 0 Å². The summed E-state index contributed by atoms with van der Waals surface area (Å²) < 4.78 is 37.4. The van der Waals surface area contributed by atoms with Crippen molar-refractivity contribution < 1.29 is 22.1 Å². The van der Waals surface area contributed by atoms with Crippen LogP contribution in [0.25, 0.3) is 0 Å².